The zero-order valence-corrected chi connectivity index (χ0v) is 19.7. The molecular formula is C23H30IN5O. The molecule has 0 bridgehead atoms. The quantitative estimate of drug-likeness (QED) is 0.281. The molecule has 1 saturated heterocycles. The van der Waals surface area contributed by atoms with Crippen LogP contribution in [0.4, 0.5) is 0 Å². The second-order valence-electron chi connectivity index (χ2n) is 7.40. The summed E-state index contributed by atoms with van der Waals surface area (Å²) in [5.41, 5.74) is 2.32. The number of fused-ring (bicyclic) bond motifs is 1. The zero-order valence-electron chi connectivity index (χ0n) is 17.4. The van der Waals surface area contributed by atoms with E-state index in [0.717, 1.165) is 49.8 Å². The molecule has 1 atom stereocenters. The van der Waals surface area contributed by atoms with E-state index >= 15 is 0 Å². The molecule has 3 heterocycles. The molecule has 6 nitrogen and oxygen atoms in total. The van der Waals surface area contributed by atoms with Gasteiger partial charge in [-0.05, 0) is 56.1 Å². The third-order valence-electron chi connectivity index (χ3n) is 5.54. The fourth-order valence-electron chi connectivity index (χ4n) is 4.04. The fraction of sp³-hybridized carbons (Fsp3) is 0.391. The number of furan rings is 1. The highest BCUT2D eigenvalue weighted by Crippen LogP contribution is 2.24. The average Bonchev–Trinajstić information content (AvgIpc) is 3.48. The summed E-state index contributed by atoms with van der Waals surface area (Å²) in [6.07, 6.45) is 7.01. The van der Waals surface area contributed by atoms with Gasteiger partial charge in [0.25, 0.3) is 0 Å². The minimum atomic E-state index is 0. The zero-order chi connectivity index (χ0) is 19.9. The Morgan fingerprint density at radius 1 is 1.13 bits per heavy atom. The Morgan fingerprint density at radius 2 is 1.97 bits per heavy atom. The lowest BCUT2D eigenvalue weighted by molar-refractivity contribution is 0.215. The molecule has 7 heteroatoms. The van der Waals surface area contributed by atoms with E-state index in [4.69, 9.17) is 4.42 Å². The van der Waals surface area contributed by atoms with Gasteiger partial charge >= 0.3 is 0 Å². The van der Waals surface area contributed by atoms with Crippen LogP contribution < -0.4 is 10.6 Å². The first-order valence-electron chi connectivity index (χ1n) is 10.4. The van der Waals surface area contributed by atoms with Crippen LogP contribution in [0.1, 0.15) is 30.2 Å². The first-order valence-corrected chi connectivity index (χ1v) is 10.4. The molecule has 0 spiro atoms. The average molecular weight is 519 g/mol. The molecule has 160 valence electrons. The number of aromatic nitrogens is 1. The van der Waals surface area contributed by atoms with E-state index < -0.39 is 0 Å². The molecule has 1 aliphatic rings. The SMILES string of the molecule is CN=C(NCCc1cccc2cccnc12)NCC(c1ccco1)N1CCCC1.I. The number of nitrogens with zero attached hydrogens (tertiary/aromatic N) is 3. The molecule has 0 amide bonds. The topological polar surface area (TPSA) is 65.7 Å². The lowest BCUT2D eigenvalue weighted by atomic mass is 10.1. The van der Waals surface area contributed by atoms with E-state index in [1.165, 1.54) is 23.8 Å². The van der Waals surface area contributed by atoms with Gasteiger partial charge in [0.2, 0.25) is 0 Å². The van der Waals surface area contributed by atoms with Gasteiger partial charge in [-0.25, -0.2) is 0 Å². The molecule has 0 aliphatic carbocycles. The van der Waals surface area contributed by atoms with Gasteiger partial charge in [0.1, 0.15) is 5.76 Å². The maximum absolute atomic E-state index is 5.70. The van der Waals surface area contributed by atoms with Crippen LogP contribution in [0.2, 0.25) is 0 Å². The molecule has 1 aliphatic heterocycles. The Hall–Kier alpha value is -2.13. The summed E-state index contributed by atoms with van der Waals surface area (Å²) in [4.78, 5) is 11.4. The first kappa shape index (κ1) is 22.6. The highest BCUT2D eigenvalue weighted by atomic mass is 127. The highest BCUT2D eigenvalue weighted by molar-refractivity contribution is 14.0. The second-order valence-corrected chi connectivity index (χ2v) is 7.40. The van der Waals surface area contributed by atoms with Crippen molar-refractivity contribution in [2.45, 2.75) is 25.3 Å². The van der Waals surface area contributed by atoms with Gasteiger partial charge < -0.3 is 15.1 Å². The number of benzene rings is 1. The van der Waals surface area contributed by atoms with Crippen molar-refractivity contribution in [3.05, 3.63) is 66.2 Å². The van der Waals surface area contributed by atoms with E-state index in [0.29, 0.717) is 0 Å². The summed E-state index contributed by atoms with van der Waals surface area (Å²) in [6.45, 7) is 3.80. The predicted molar refractivity (Wildman–Crippen MR) is 132 cm³/mol. The van der Waals surface area contributed by atoms with Gasteiger partial charge in [0.15, 0.2) is 5.96 Å². The largest absolute Gasteiger partial charge is 0.468 e. The number of hydrogen-bond donors (Lipinski definition) is 2. The fourth-order valence-corrected chi connectivity index (χ4v) is 4.04. The standard InChI is InChI=1S/C23H29N5O.HI/c1-24-23(26-13-11-19-8-4-7-18-9-5-12-25-22(18)19)27-17-20(21-10-6-16-29-21)28-14-2-3-15-28;/h4-10,12,16,20H,2-3,11,13-15,17H2,1H3,(H2,24,26,27);1H. The number of guanidine groups is 1. The van der Waals surface area contributed by atoms with Crippen LogP contribution in [0, 0.1) is 0 Å². The second kappa shape index (κ2) is 11.3. The summed E-state index contributed by atoms with van der Waals surface area (Å²) in [7, 11) is 1.81. The van der Waals surface area contributed by atoms with Crippen molar-refractivity contribution in [3.8, 4) is 0 Å². The van der Waals surface area contributed by atoms with Crippen LogP contribution in [0.25, 0.3) is 10.9 Å². The number of rotatable bonds is 7. The maximum atomic E-state index is 5.70. The third kappa shape index (κ3) is 5.51. The number of aliphatic imine (C=N–C) groups is 1. The molecular weight excluding hydrogens is 489 g/mol. The number of pyridine rings is 1. The molecule has 1 aromatic carbocycles. The highest BCUT2D eigenvalue weighted by Gasteiger charge is 2.25. The van der Waals surface area contributed by atoms with Gasteiger partial charge in [-0.1, -0.05) is 24.3 Å². The van der Waals surface area contributed by atoms with Crippen molar-refractivity contribution < 1.29 is 4.42 Å². The Morgan fingerprint density at radius 3 is 2.73 bits per heavy atom. The van der Waals surface area contributed by atoms with E-state index in [2.05, 4.69) is 55.8 Å². The van der Waals surface area contributed by atoms with Crippen molar-refractivity contribution in [2.75, 3.05) is 33.2 Å². The molecule has 4 rings (SSSR count). The predicted octanol–water partition coefficient (Wildman–Crippen LogP) is 3.99. The normalized spacial score (nSPS) is 15.7. The first-order chi connectivity index (χ1) is 14.3. The van der Waals surface area contributed by atoms with Crippen LogP contribution in [0.15, 0.2) is 64.3 Å². The molecule has 1 fully saturated rings. The van der Waals surface area contributed by atoms with Gasteiger partial charge in [0.05, 0.1) is 17.8 Å². The summed E-state index contributed by atoms with van der Waals surface area (Å²) in [6, 6.07) is 14.7. The van der Waals surface area contributed by atoms with Crippen molar-refractivity contribution in [2.24, 2.45) is 4.99 Å². The van der Waals surface area contributed by atoms with Crippen LogP contribution in [-0.4, -0.2) is 49.1 Å². The van der Waals surface area contributed by atoms with E-state index in [1.54, 1.807) is 6.26 Å². The van der Waals surface area contributed by atoms with Gasteiger partial charge in [-0.2, -0.15) is 0 Å². The van der Waals surface area contributed by atoms with E-state index in [-0.39, 0.29) is 30.0 Å². The summed E-state index contributed by atoms with van der Waals surface area (Å²) in [5, 5.41) is 8.10. The van der Waals surface area contributed by atoms with Crippen LogP contribution in [0.5, 0.6) is 0 Å². The van der Waals surface area contributed by atoms with Gasteiger partial charge in [-0.3, -0.25) is 14.9 Å². The Bertz CT molecular complexity index is 932. The van der Waals surface area contributed by atoms with E-state index in [9.17, 15) is 0 Å². The van der Waals surface area contributed by atoms with Crippen LogP contribution in [-0.2, 0) is 6.42 Å². The third-order valence-corrected chi connectivity index (χ3v) is 5.54. The van der Waals surface area contributed by atoms with E-state index in [1.807, 2.05) is 25.4 Å². The van der Waals surface area contributed by atoms with Crippen molar-refractivity contribution >= 4 is 40.8 Å². The van der Waals surface area contributed by atoms with Crippen LogP contribution >= 0.6 is 24.0 Å². The smallest absolute Gasteiger partial charge is 0.191 e. The van der Waals surface area contributed by atoms with Gasteiger partial charge in [0, 0.05) is 31.7 Å². The minimum Gasteiger partial charge on any atom is -0.468 e. The Kier molecular flexibility index (Phi) is 8.50. The van der Waals surface area contributed by atoms with Crippen molar-refractivity contribution in [1.29, 1.82) is 0 Å². The molecule has 0 radical (unpaired) electrons. The number of hydrogen-bond acceptors (Lipinski definition) is 4. The summed E-state index contributed by atoms with van der Waals surface area (Å²) >= 11 is 0. The van der Waals surface area contributed by atoms with Crippen molar-refractivity contribution in [1.82, 2.24) is 20.5 Å². The Balaban J connectivity index is 0.00000256. The number of nitrogens with one attached hydrogen (secondary N) is 2. The molecule has 2 N–H and O–H groups in total. The molecule has 1 unspecified atom stereocenters. The monoisotopic (exact) mass is 519 g/mol. The lowest BCUT2D eigenvalue weighted by Crippen LogP contribution is -2.43. The molecule has 2 aromatic heterocycles. The minimum absolute atomic E-state index is 0. The number of para-hydroxylation sites is 1. The van der Waals surface area contributed by atoms with Gasteiger partial charge in [-0.15, -0.1) is 24.0 Å². The molecule has 3 aromatic rings. The molecule has 0 saturated carbocycles. The molecule has 30 heavy (non-hydrogen) atoms. The number of likely N-dealkylation sites (tertiary alicyclic amines) is 1. The van der Waals surface area contributed by atoms with Crippen molar-refractivity contribution in [3.63, 3.8) is 0 Å². The summed E-state index contributed by atoms with van der Waals surface area (Å²) < 4.78 is 5.70. The Labute approximate surface area is 195 Å². The van der Waals surface area contributed by atoms with Crippen LogP contribution in [0.3, 0.4) is 0 Å². The summed E-state index contributed by atoms with van der Waals surface area (Å²) in [5.74, 6) is 1.82. The number of halogens is 1. The lowest BCUT2D eigenvalue weighted by Gasteiger charge is -2.26. The maximum Gasteiger partial charge on any atom is 0.191 e.